The number of carbonyl (C=O) groups excluding carboxylic acids is 2. The third-order valence-corrected chi connectivity index (χ3v) is 5.52. The van der Waals surface area contributed by atoms with Crippen molar-refractivity contribution < 1.29 is 9.59 Å². The number of pyridine rings is 1. The minimum atomic E-state index is -0.287. The van der Waals surface area contributed by atoms with Crippen LogP contribution in [-0.4, -0.2) is 39.4 Å². The first kappa shape index (κ1) is 18.0. The Hall–Kier alpha value is -3.35. The SMILES string of the molecule is Cn1cc(-c2ccc(C(=O)N3CCC(C(N)=O)CC3)cc2)c2cc[nH]c2c1=O. The topological polar surface area (TPSA) is 101 Å². The molecule has 28 heavy (non-hydrogen) atoms. The first-order valence-corrected chi connectivity index (χ1v) is 9.31. The molecule has 0 radical (unpaired) electrons. The lowest BCUT2D eigenvalue weighted by molar-refractivity contribution is -0.123. The number of nitrogens with two attached hydrogens (primary N) is 1. The normalized spacial score (nSPS) is 15.1. The molecule has 0 aliphatic carbocycles. The van der Waals surface area contributed by atoms with Crippen LogP contribution in [0.1, 0.15) is 23.2 Å². The van der Waals surface area contributed by atoms with Crippen molar-refractivity contribution in [3.63, 3.8) is 0 Å². The lowest BCUT2D eigenvalue weighted by Crippen LogP contribution is -2.41. The quantitative estimate of drug-likeness (QED) is 0.727. The second kappa shape index (κ2) is 6.99. The number of carbonyl (C=O) groups is 2. The molecule has 0 saturated carbocycles. The number of hydrogen-bond acceptors (Lipinski definition) is 3. The van der Waals surface area contributed by atoms with Crippen molar-refractivity contribution in [3.8, 4) is 11.1 Å². The van der Waals surface area contributed by atoms with Gasteiger partial charge in [0.05, 0.1) is 0 Å². The van der Waals surface area contributed by atoms with E-state index >= 15 is 0 Å². The molecule has 0 spiro atoms. The number of likely N-dealkylation sites (tertiary alicyclic amines) is 1. The molecule has 0 atom stereocenters. The van der Waals surface area contributed by atoms with E-state index in [-0.39, 0.29) is 23.3 Å². The molecule has 4 rings (SSSR count). The predicted molar refractivity (Wildman–Crippen MR) is 107 cm³/mol. The third-order valence-electron chi connectivity index (χ3n) is 5.52. The molecule has 1 aromatic carbocycles. The Morgan fingerprint density at radius 1 is 1.11 bits per heavy atom. The minimum absolute atomic E-state index is 0.0401. The van der Waals surface area contributed by atoms with Crippen LogP contribution in [0.3, 0.4) is 0 Å². The van der Waals surface area contributed by atoms with E-state index in [9.17, 15) is 14.4 Å². The van der Waals surface area contributed by atoms with E-state index in [4.69, 9.17) is 5.73 Å². The van der Waals surface area contributed by atoms with Gasteiger partial charge in [0.1, 0.15) is 5.52 Å². The van der Waals surface area contributed by atoms with Crippen molar-refractivity contribution in [1.82, 2.24) is 14.5 Å². The van der Waals surface area contributed by atoms with E-state index in [0.717, 1.165) is 16.5 Å². The van der Waals surface area contributed by atoms with E-state index in [1.165, 1.54) is 0 Å². The average Bonchev–Trinajstić information content (AvgIpc) is 3.20. The highest BCUT2D eigenvalue weighted by Crippen LogP contribution is 2.27. The number of fused-ring (bicyclic) bond motifs is 1. The van der Waals surface area contributed by atoms with Crippen molar-refractivity contribution in [1.29, 1.82) is 0 Å². The van der Waals surface area contributed by atoms with E-state index in [1.807, 2.05) is 24.4 Å². The molecule has 2 amide bonds. The molecular formula is C21H22N4O3. The van der Waals surface area contributed by atoms with Crippen LogP contribution in [0, 0.1) is 5.92 Å². The van der Waals surface area contributed by atoms with Crippen molar-refractivity contribution in [2.75, 3.05) is 13.1 Å². The Balaban J connectivity index is 1.58. The number of benzene rings is 1. The molecule has 0 bridgehead atoms. The number of primary amides is 1. The van der Waals surface area contributed by atoms with Crippen LogP contribution in [0.25, 0.3) is 22.0 Å². The van der Waals surface area contributed by atoms with Gasteiger partial charge in [-0.05, 0) is 36.6 Å². The van der Waals surface area contributed by atoms with Crippen LogP contribution in [-0.2, 0) is 11.8 Å². The first-order chi connectivity index (χ1) is 13.5. The summed E-state index contributed by atoms with van der Waals surface area (Å²) >= 11 is 0. The smallest absolute Gasteiger partial charge is 0.274 e. The molecule has 3 heterocycles. The van der Waals surface area contributed by atoms with Crippen LogP contribution in [0.15, 0.2) is 47.5 Å². The molecule has 3 aromatic rings. The second-order valence-electron chi connectivity index (χ2n) is 7.27. The highest BCUT2D eigenvalue weighted by Gasteiger charge is 2.26. The van der Waals surface area contributed by atoms with E-state index < -0.39 is 0 Å². The largest absolute Gasteiger partial charge is 0.369 e. The number of aromatic nitrogens is 2. The summed E-state index contributed by atoms with van der Waals surface area (Å²) in [5.41, 5.74) is 8.32. The fourth-order valence-corrected chi connectivity index (χ4v) is 3.84. The molecule has 3 N–H and O–H groups in total. The molecule has 1 aliphatic heterocycles. The van der Waals surface area contributed by atoms with Gasteiger partial charge in [0.2, 0.25) is 5.91 Å². The molecule has 1 aliphatic rings. The maximum atomic E-state index is 12.8. The van der Waals surface area contributed by atoms with Crippen molar-refractivity contribution >= 4 is 22.7 Å². The average molecular weight is 378 g/mol. The van der Waals surface area contributed by atoms with Gasteiger partial charge in [-0.25, -0.2) is 0 Å². The number of amides is 2. The lowest BCUT2D eigenvalue weighted by atomic mass is 9.95. The van der Waals surface area contributed by atoms with E-state index in [1.54, 1.807) is 34.8 Å². The van der Waals surface area contributed by atoms with Gasteiger partial charge in [0.25, 0.3) is 11.5 Å². The Morgan fingerprint density at radius 3 is 2.43 bits per heavy atom. The zero-order valence-electron chi connectivity index (χ0n) is 15.6. The molecule has 1 saturated heterocycles. The summed E-state index contributed by atoms with van der Waals surface area (Å²) in [5.74, 6) is -0.466. The number of aryl methyl sites for hydroxylation is 1. The van der Waals surface area contributed by atoms with Gasteiger partial charge >= 0.3 is 0 Å². The summed E-state index contributed by atoms with van der Waals surface area (Å²) in [6.07, 6.45) is 4.79. The zero-order valence-corrected chi connectivity index (χ0v) is 15.6. The standard InChI is InChI=1S/C21H22N4O3/c1-24-12-17(16-6-9-23-18(16)21(24)28)13-2-4-15(5-3-13)20(27)25-10-7-14(8-11-25)19(22)26/h2-6,9,12,14,23H,7-8,10-11H2,1H3,(H2,22,26). The first-order valence-electron chi connectivity index (χ1n) is 9.31. The lowest BCUT2D eigenvalue weighted by Gasteiger charge is -2.30. The molecule has 144 valence electrons. The van der Waals surface area contributed by atoms with Gasteiger partial charge in [-0.2, -0.15) is 0 Å². The maximum absolute atomic E-state index is 12.8. The monoisotopic (exact) mass is 378 g/mol. The van der Waals surface area contributed by atoms with Gasteiger partial charge in [-0.15, -0.1) is 0 Å². The molecule has 0 unspecified atom stereocenters. The molecular weight excluding hydrogens is 356 g/mol. The fraction of sp³-hybridized carbons (Fsp3) is 0.286. The Morgan fingerprint density at radius 2 is 1.79 bits per heavy atom. The van der Waals surface area contributed by atoms with Gasteiger partial charge < -0.3 is 20.2 Å². The highest BCUT2D eigenvalue weighted by molar-refractivity contribution is 5.97. The van der Waals surface area contributed by atoms with Crippen LogP contribution in [0.4, 0.5) is 0 Å². The molecule has 7 heteroatoms. The molecule has 2 aromatic heterocycles. The summed E-state index contributed by atoms with van der Waals surface area (Å²) in [6.45, 7) is 1.08. The zero-order chi connectivity index (χ0) is 19.8. The van der Waals surface area contributed by atoms with Crippen LogP contribution >= 0.6 is 0 Å². The van der Waals surface area contributed by atoms with Gasteiger partial charge in [0.15, 0.2) is 0 Å². The summed E-state index contributed by atoms with van der Waals surface area (Å²) in [7, 11) is 1.72. The molecule has 1 fully saturated rings. The Labute approximate surface area is 161 Å². The Bertz CT molecular complexity index is 1100. The number of aromatic amines is 1. The number of nitrogens with zero attached hydrogens (tertiary/aromatic N) is 2. The maximum Gasteiger partial charge on any atom is 0.274 e. The number of piperidine rings is 1. The van der Waals surface area contributed by atoms with E-state index in [2.05, 4.69) is 4.98 Å². The summed E-state index contributed by atoms with van der Waals surface area (Å²) < 4.78 is 1.55. The van der Waals surface area contributed by atoms with Crippen LogP contribution in [0.5, 0.6) is 0 Å². The van der Waals surface area contributed by atoms with E-state index in [0.29, 0.717) is 37.0 Å². The summed E-state index contributed by atoms with van der Waals surface area (Å²) in [4.78, 5) is 41.0. The van der Waals surface area contributed by atoms with Crippen LogP contribution < -0.4 is 11.3 Å². The highest BCUT2D eigenvalue weighted by atomic mass is 16.2. The van der Waals surface area contributed by atoms with Gasteiger partial charge in [-0.3, -0.25) is 14.4 Å². The number of nitrogens with one attached hydrogen (secondary N) is 1. The number of rotatable bonds is 3. The van der Waals surface area contributed by atoms with Crippen LogP contribution in [0.2, 0.25) is 0 Å². The predicted octanol–water partition coefficient (Wildman–Crippen LogP) is 1.87. The Kier molecular flexibility index (Phi) is 4.50. The van der Waals surface area contributed by atoms with Gasteiger partial charge in [-0.1, -0.05) is 12.1 Å². The fourth-order valence-electron chi connectivity index (χ4n) is 3.84. The third kappa shape index (κ3) is 3.09. The summed E-state index contributed by atoms with van der Waals surface area (Å²) in [6, 6.07) is 9.29. The molecule has 7 nitrogen and oxygen atoms in total. The second-order valence-corrected chi connectivity index (χ2v) is 7.27. The number of hydrogen-bond donors (Lipinski definition) is 2. The minimum Gasteiger partial charge on any atom is -0.369 e. The van der Waals surface area contributed by atoms with Gasteiger partial charge in [0, 0.05) is 55.0 Å². The van der Waals surface area contributed by atoms with Crippen molar-refractivity contribution in [2.24, 2.45) is 18.7 Å². The van der Waals surface area contributed by atoms with Crippen molar-refractivity contribution in [2.45, 2.75) is 12.8 Å². The summed E-state index contributed by atoms with van der Waals surface area (Å²) in [5, 5.41) is 0.857. The van der Waals surface area contributed by atoms with Crippen molar-refractivity contribution in [3.05, 3.63) is 58.6 Å². The number of H-pyrrole nitrogens is 1.